The molecule has 2 rings (SSSR count). The summed E-state index contributed by atoms with van der Waals surface area (Å²) >= 11 is 0. The summed E-state index contributed by atoms with van der Waals surface area (Å²) in [5, 5.41) is 3.24. The van der Waals surface area contributed by atoms with Crippen LogP contribution in [0.25, 0.3) is 0 Å². The van der Waals surface area contributed by atoms with Crippen LogP contribution in [-0.2, 0) is 4.79 Å². The average molecular weight is 197 g/mol. The molecule has 4 heteroatoms. The highest BCUT2D eigenvalue weighted by molar-refractivity contribution is 5.81. The van der Waals surface area contributed by atoms with E-state index >= 15 is 0 Å². The van der Waals surface area contributed by atoms with E-state index in [1.54, 1.807) is 0 Å². The number of amides is 1. The summed E-state index contributed by atoms with van der Waals surface area (Å²) in [4.78, 5) is 13.6. The van der Waals surface area contributed by atoms with Gasteiger partial charge in [0.15, 0.2) is 0 Å². The number of nitrogens with zero attached hydrogens (tertiary/aromatic N) is 1. The van der Waals surface area contributed by atoms with Gasteiger partial charge in [0.2, 0.25) is 5.91 Å². The first-order valence-electron chi connectivity index (χ1n) is 5.35. The number of likely N-dealkylation sites (tertiary alicyclic amines) is 1. The SMILES string of the molecule is CN1CCC2(CCNC2C(N)=O)CC1. The number of carbonyl (C=O) groups excluding carboxylic acids is 1. The predicted octanol–water partition coefficient (Wildman–Crippen LogP) is -0.454. The van der Waals surface area contributed by atoms with E-state index in [1.165, 1.54) is 0 Å². The summed E-state index contributed by atoms with van der Waals surface area (Å²) in [5.74, 6) is -0.174. The van der Waals surface area contributed by atoms with Crippen LogP contribution in [0.4, 0.5) is 0 Å². The number of carbonyl (C=O) groups is 1. The summed E-state index contributed by atoms with van der Waals surface area (Å²) < 4.78 is 0. The van der Waals surface area contributed by atoms with Crippen molar-refractivity contribution in [2.24, 2.45) is 11.1 Å². The van der Waals surface area contributed by atoms with Gasteiger partial charge in [0, 0.05) is 0 Å². The van der Waals surface area contributed by atoms with Crippen molar-refractivity contribution < 1.29 is 4.79 Å². The highest BCUT2D eigenvalue weighted by Crippen LogP contribution is 2.40. The number of rotatable bonds is 1. The summed E-state index contributed by atoms with van der Waals surface area (Å²) in [6.45, 7) is 3.12. The van der Waals surface area contributed by atoms with Crippen molar-refractivity contribution in [3.8, 4) is 0 Å². The fourth-order valence-corrected chi connectivity index (χ4v) is 2.83. The minimum absolute atomic E-state index is 0.0869. The van der Waals surface area contributed by atoms with Crippen molar-refractivity contribution in [1.82, 2.24) is 10.2 Å². The van der Waals surface area contributed by atoms with Gasteiger partial charge < -0.3 is 16.0 Å². The largest absolute Gasteiger partial charge is 0.368 e. The molecule has 0 aromatic heterocycles. The molecule has 0 bridgehead atoms. The van der Waals surface area contributed by atoms with Crippen LogP contribution in [0.15, 0.2) is 0 Å². The topological polar surface area (TPSA) is 58.4 Å². The monoisotopic (exact) mass is 197 g/mol. The van der Waals surface area contributed by atoms with E-state index < -0.39 is 0 Å². The molecule has 0 aliphatic carbocycles. The zero-order valence-corrected chi connectivity index (χ0v) is 8.75. The first-order valence-corrected chi connectivity index (χ1v) is 5.35. The van der Waals surface area contributed by atoms with Crippen molar-refractivity contribution >= 4 is 5.91 Å². The van der Waals surface area contributed by atoms with Crippen LogP contribution < -0.4 is 11.1 Å². The maximum absolute atomic E-state index is 11.3. The van der Waals surface area contributed by atoms with Gasteiger partial charge in [0.05, 0.1) is 6.04 Å². The Kier molecular flexibility index (Phi) is 2.49. The summed E-state index contributed by atoms with van der Waals surface area (Å²) in [7, 11) is 2.13. The predicted molar refractivity (Wildman–Crippen MR) is 54.8 cm³/mol. The molecule has 1 amide bonds. The molecule has 2 saturated heterocycles. The molecule has 14 heavy (non-hydrogen) atoms. The highest BCUT2D eigenvalue weighted by Gasteiger charge is 2.46. The van der Waals surface area contributed by atoms with Gasteiger partial charge in [-0.2, -0.15) is 0 Å². The van der Waals surface area contributed by atoms with Crippen molar-refractivity contribution in [3.63, 3.8) is 0 Å². The molecule has 0 aromatic rings. The van der Waals surface area contributed by atoms with Gasteiger partial charge in [-0.1, -0.05) is 0 Å². The van der Waals surface area contributed by atoms with Crippen LogP contribution in [0.3, 0.4) is 0 Å². The zero-order chi connectivity index (χ0) is 10.2. The maximum atomic E-state index is 11.3. The second kappa shape index (κ2) is 3.51. The standard InChI is InChI=1S/C10H19N3O/c1-13-6-3-10(4-7-13)2-5-12-8(10)9(11)14/h8,12H,2-7H2,1H3,(H2,11,14). The molecule has 0 aromatic carbocycles. The molecular weight excluding hydrogens is 178 g/mol. The Labute approximate surface area is 84.8 Å². The molecule has 2 heterocycles. The van der Waals surface area contributed by atoms with E-state index in [0.29, 0.717) is 0 Å². The van der Waals surface area contributed by atoms with E-state index in [0.717, 1.165) is 38.9 Å². The number of hydrogen-bond donors (Lipinski definition) is 2. The highest BCUT2D eigenvalue weighted by atomic mass is 16.1. The van der Waals surface area contributed by atoms with E-state index in [-0.39, 0.29) is 17.4 Å². The van der Waals surface area contributed by atoms with Crippen molar-refractivity contribution in [1.29, 1.82) is 0 Å². The van der Waals surface area contributed by atoms with Crippen LogP contribution in [0.2, 0.25) is 0 Å². The molecule has 3 N–H and O–H groups in total. The summed E-state index contributed by atoms with van der Waals surface area (Å²) in [6, 6.07) is -0.0869. The molecule has 4 nitrogen and oxygen atoms in total. The molecular formula is C10H19N3O. The molecule has 1 spiro atoms. The number of nitrogens with one attached hydrogen (secondary N) is 1. The van der Waals surface area contributed by atoms with Gasteiger partial charge in [-0.25, -0.2) is 0 Å². The Balaban J connectivity index is 2.10. The Morgan fingerprint density at radius 2 is 2.07 bits per heavy atom. The Morgan fingerprint density at radius 1 is 1.43 bits per heavy atom. The summed E-state index contributed by atoms with van der Waals surface area (Å²) in [6.07, 6.45) is 3.31. The molecule has 0 saturated carbocycles. The van der Waals surface area contributed by atoms with Crippen LogP contribution >= 0.6 is 0 Å². The van der Waals surface area contributed by atoms with Gasteiger partial charge in [-0.15, -0.1) is 0 Å². The first-order chi connectivity index (χ1) is 6.64. The molecule has 80 valence electrons. The molecule has 2 fully saturated rings. The van der Waals surface area contributed by atoms with Gasteiger partial charge >= 0.3 is 0 Å². The van der Waals surface area contributed by atoms with Gasteiger partial charge in [-0.3, -0.25) is 4.79 Å². The lowest BCUT2D eigenvalue weighted by Gasteiger charge is -2.40. The average Bonchev–Trinajstić information content (AvgIpc) is 2.55. The first kappa shape index (κ1) is 9.93. The third kappa shape index (κ3) is 1.53. The third-order valence-corrected chi connectivity index (χ3v) is 3.85. The fraction of sp³-hybridized carbons (Fsp3) is 0.900. The summed E-state index contributed by atoms with van der Waals surface area (Å²) in [5.41, 5.74) is 5.59. The smallest absolute Gasteiger partial charge is 0.235 e. The van der Waals surface area contributed by atoms with E-state index in [9.17, 15) is 4.79 Å². The quantitative estimate of drug-likeness (QED) is 0.598. The lowest BCUT2D eigenvalue weighted by Crippen LogP contribution is -2.51. The normalized spacial score (nSPS) is 32.2. The second-order valence-corrected chi connectivity index (χ2v) is 4.71. The Hall–Kier alpha value is -0.610. The van der Waals surface area contributed by atoms with Gasteiger partial charge in [0.1, 0.15) is 0 Å². The lowest BCUT2D eigenvalue weighted by atomic mass is 9.72. The number of nitrogens with two attached hydrogens (primary N) is 1. The van der Waals surface area contributed by atoms with E-state index in [1.807, 2.05) is 0 Å². The lowest BCUT2D eigenvalue weighted by molar-refractivity contribution is -0.122. The maximum Gasteiger partial charge on any atom is 0.235 e. The van der Waals surface area contributed by atoms with Crippen molar-refractivity contribution in [2.75, 3.05) is 26.7 Å². The van der Waals surface area contributed by atoms with Crippen LogP contribution in [0.1, 0.15) is 19.3 Å². The minimum Gasteiger partial charge on any atom is -0.368 e. The Morgan fingerprint density at radius 3 is 2.64 bits per heavy atom. The second-order valence-electron chi connectivity index (χ2n) is 4.71. The zero-order valence-electron chi connectivity index (χ0n) is 8.75. The van der Waals surface area contributed by atoms with E-state index in [2.05, 4.69) is 17.3 Å². The molecule has 2 aliphatic rings. The molecule has 2 aliphatic heterocycles. The number of piperidine rings is 1. The molecule has 0 radical (unpaired) electrons. The van der Waals surface area contributed by atoms with Crippen molar-refractivity contribution in [2.45, 2.75) is 25.3 Å². The molecule has 1 atom stereocenters. The van der Waals surface area contributed by atoms with Gasteiger partial charge in [-0.05, 0) is 51.4 Å². The number of hydrogen-bond acceptors (Lipinski definition) is 3. The van der Waals surface area contributed by atoms with Crippen LogP contribution in [0, 0.1) is 5.41 Å². The Bertz CT molecular complexity index is 234. The number of primary amides is 1. The van der Waals surface area contributed by atoms with E-state index in [4.69, 9.17) is 5.73 Å². The van der Waals surface area contributed by atoms with Crippen LogP contribution in [-0.4, -0.2) is 43.5 Å². The fourth-order valence-electron chi connectivity index (χ4n) is 2.83. The minimum atomic E-state index is -0.174. The van der Waals surface area contributed by atoms with Crippen LogP contribution in [0.5, 0.6) is 0 Å². The molecule has 1 unspecified atom stereocenters. The van der Waals surface area contributed by atoms with Gasteiger partial charge in [0.25, 0.3) is 0 Å². The third-order valence-electron chi connectivity index (χ3n) is 3.85. The van der Waals surface area contributed by atoms with Crippen molar-refractivity contribution in [3.05, 3.63) is 0 Å².